The summed E-state index contributed by atoms with van der Waals surface area (Å²) in [7, 11) is 0. The van der Waals surface area contributed by atoms with E-state index in [9.17, 15) is 14.0 Å². The van der Waals surface area contributed by atoms with Gasteiger partial charge < -0.3 is 5.32 Å². The van der Waals surface area contributed by atoms with Gasteiger partial charge in [-0.25, -0.2) is 9.37 Å². The van der Waals surface area contributed by atoms with Crippen molar-refractivity contribution in [3.63, 3.8) is 0 Å². The van der Waals surface area contributed by atoms with Crippen LogP contribution in [0.15, 0.2) is 40.8 Å². The summed E-state index contributed by atoms with van der Waals surface area (Å²) in [4.78, 5) is 30.2. The van der Waals surface area contributed by atoms with Gasteiger partial charge in [0.1, 0.15) is 17.2 Å². The second kappa shape index (κ2) is 8.65. The average molecular weight is 402 g/mol. The van der Waals surface area contributed by atoms with E-state index in [0.29, 0.717) is 21.7 Å². The Morgan fingerprint density at radius 3 is 2.61 bits per heavy atom. The molecule has 0 radical (unpaired) electrons. The SMILES string of the molecule is CC(C)CC[C@H](C)NC(=O)Cn1cnc2scc(-c3ccc(F)cc3)c2c1=O. The van der Waals surface area contributed by atoms with Gasteiger partial charge in [0.2, 0.25) is 5.91 Å². The molecule has 3 rings (SSSR count). The molecule has 1 aromatic carbocycles. The van der Waals surface area contributed by atoms with Crippen molar-refractivity contribution in [2.45, 2.75) is 46.2 Å². The summed E-state index contributed by atoms with van der Waals surface area (Å²) in [6, 6.07) is 6.05. The van der Waals surface area contributed by atoms with Crippen molar-refractivity contribution in [3.05, 3.63) is 52.1 Å². The maximum absolute atomic E-state index is 13.2. The van der Waals surface area contributed by atoms with Crippen LogP contribution >= 0.6 is 11.3 Å². The van der Waals surface area contributed by atoms with Gasteiger partial charge in [-0.2, -0.15) is 0 Å². The van der Waals surface area contributed by atoms with Gasteiger partial charge in [0.05, 0.1) is 11.7 Å². The summed E-state index contributed by atoms with van der Waals surface area (Å²) in [6.07, 6.45) is 3.34. The van der Waals surface area contributed by atoms with Gasteiger partial charge in [0.15, 0.2) is 0 Å². The molecular formula is C21H24FN3O2S. The lowest BCUT2D eigenvalue weighted by Crippen LogP contribution is -2.37. The first kappa shape index (κ1) is 20.2. The average Bonchev–Trinajstić information content (AvgIpc) is 3.08. The van der Waals surface area contributed by atoms with Crippen LogP contribution in [0, 0.1) is 11.7 Å². The Kier molecular flexibility index (Phi) is 6.24. The highest BCUT2D eigenvalue weighted by Crippen LogP contribution is 2.30. The molecule has 0 spiro atoms. The molecule has 2 aromatic heterocycles. The van der Waals surface area contributed by atoms with Crippen molar-refractivity contribution < 1.29 is 9.18 Å². The molecule has 7 heteroatoms. The van der Waals surface area contributed by atoms with E-state index in [1.165, 1.54) is 34.4 Å². The molecule has 2 heterocycles. The summed E-state index contributed by atoms with van der Waals surface area (Å²) in [5.41, 5.74) is 1.18. The van der Waals surface area contributed by atoms with Gasteiger partial charge in [0.25, 0.3) is 5.56 Å². The van der Waals surface area contributed by atoms with Crippen LogP contribution in [-0.4, -0.2) is 21.5 Å². The van der Waals surface area contributed by atoms with E-state index in [1.807, 2.05) is 12.3 Å². The second-order valence-corrected chi connectivity index (χ2v) is 8.31. The molecule has 3 aromatic rings. The molecule has 0 unspecified atom stereocenters. The lowest BCUT2D eigenvalue weighted by molar-refractivity contribution is -0.122. The minimum Gasteiger partial charge on any atom is -0.352 e. The number of rotatable bonds is 7. The van der Waals surface area contributed by atoms with E-state index >= 15 is 0 Å². The molecule has 0 saturated heterocycles. The third kappa shape index (κ3) is 4.65. The van der Waals surface area contributed by atoms with Crippen LogP contribution in [0.2, 0.25) is 0 Å². The maximum Gasteiger partial charge on any atom is 0.263 e. The first-order valence-corrected chi connectivity index (χ1v) is 10.2. The number of thiophene rings is 1. The fraction of sp³-hybridized carbons (Fsp3) is 0.381. The summed E-state index contributed by atoms with van der Waals surface area (Å²) in [6.45, 7) is 6.19. The fourth-order valence-electron chi connectivity index (χ4n) is 3.05. The number of carbonyl (C=O) groups is 1. The monoisotopic (exact) mass is 401 g/mol. The summed E-state index contributed by atoms with van der Waals surface area (Å²) >= 11 is 1.36. The lowest BCUT2D eigenvalue weighted by atomic mass is 10.0. The van der Waals surface area contributed by atoms with Crippen LogP contribution < -0.4 is 10.9 Å². The number of aromatic nitrogens is 2. The third-order valence-electron chi connectivity index (χ3n) is 4.61. The zero-order valence-electron chi connectivity index (χ0n) is 16.2. The molecule has 148 valence electrons. The van der Waals surface area contributed by atoms with Crippen molar-refractivity contribution in [3.8, 4) is 11.1 Å². The van der Waals surface area contributed by atoms with E-state index in [-0.39, 0.29) is 29.9 Å². The molecule has 1 N–H and O–H groups in total. The lowest BCUT2D eigenvalue weighted by Gasteiger charge is -2.15. The third-order valence-corrected chi connectivity index (χ3v) is 5.50. The molecule has 0 bridgehead atoms. The minimum absolute atomic E-state index is 0.0539. The van der Waals surface area contributed by atoms with Crippen LogP contribution in [0.5, 0.6) is 0 Å². The number of benzene rings is 1. The van der Waals surface area contributed by atoms with Crippen molar-refractivity contribution in [1.29, 1.82) is 0 Å². The normalized spacial score (nSPS) is 12.5. The number of hydrogen-bond donors (Lipinski definition) is 1. The first-order chi connectivity index (χ1) is 13.3. The molecule has 0 aliphatic rings. The maximum atomic E-state index is 13.2. The number of fused-ring (bicyclic) bond motifs is 1. The smallest absolute Gasteiger partial charge is 0.263 e. The molecule has 28 heavy (non-hydrogen) atoms. The largest absolute Gasteiger partial charge is 0.352 e. The zero-order chi connectivity index (χ0) is 20.3. The summed E-state index contributed by atoms with van der Waals surface area (Å²) in [5, 5.41) is 5.24. The van der Waals surface area contributed by atoms with E-state index in [4.69, 9.17) is 0 Å². The number of carbonyl (C=O) groups excluding carboxylic acids is 1. The number of nitrogens with one attached hydrogen (secondary N) is 1. The molecule has 0 aliphatic carbocycles. The molecular weight excluding hydrogens is 377 g/mol. The van der Waals surface area contributed by atoms with Gasteiger partial charge >= 0.3 is 0 Å². The highest BCUT2D eigenvalue weighted by molar-refractivity contribution is 7.17. The van der Waals surface area contributed by atoms with Gasteiger partial charge in [-0.3, -0.25) is 14.2 Å². The van der Waals surface area contributed by atoms with Crippen LogP contribution in [0.1, 0.15) is 33.6 Å². The van der Waals surface area contributed by atoms with E-state index in [1.54, 1.807) is 12.1 Å². The standard InChI is InChI=1S/C21H24FN3O2S/c1-13(2)4-5-14(3)24-18(26)10-25-12-23-20-19(21(25)27)17(11-28-20)15-6-8-16(22)9-7-15/h6-9,11-14H,4-5,10H2,1-3H3,(H,24,26)/t14-/m0/s1. The molecule has 1 atom stereocenters. The van der Waals surface area contributed by atoms with Crippen molar-refractivity contribution in [1.82, 2.24) is 14.9 Å². The highest BCUT2D eigenvalue weighted by atomic mass is 32.1. The Labute approximate surface area is 167 Å². The van der Waals surface area contributed by atoms with Crippen LogP contribution in [0.3, 0.4) is 0 Å². The van der Waals surface area contributed by atoms with Gasteiger partial charge in [-0.15, -0.1) is 11.3 Å². The quantitative estimate of drug-likeness (QED) is 0.645. The Morgan fingerprint density at radius 2 is 1.93 bits per heavy atom. The van der Waals surface area contributed by atoms with Crippen molar-refractivity contribution in [2.24, 2.45) is 5.92 Å². The van der Waals surface area contributed by atoms with Crippen LogP contribution in [0.25, 0.3) is 21.3 Å². The number of halogens is 1. The molecule has 0 saturated carbocycles. The van der Waals surface area contributed by atoms with Crippen molar-refractivity contribution >= 4 is 27.5 Å². The predicted octanol–water partition coefficient (Wildman–Crippen LogP) is 4.21. The first-order valence-electron chi connectivity index (χ1n) is 9.37. The number of hydrogen-bond acceptors (Lipinski definition) is 4. The van der Waals surface area contributed by atoms with Crippen molar-refractivity contribution in [2.75, 3.05) is 0 Å². The van der Waals surface area contributed by atoms with Gasteiger partial charge in [-0.05, 0) is 43.4 Å². The Bertz CT molecular complexity index is 1020. The van der Waals surface area contributed by atoms with E-state index < -0.39 is 0 Å². The Morgan fingerprint density at radius 1 is 1.21 bits per heavy atom. The van der Waals surface area contributed by atoms with E-state index in [2.05, 4.69) is 24.1 Å². The molecule has 0 fully saturated rings. The zero-order valence-corrected chi connectivity index (χ0v) is 17.1. The molecule has 0 aliphatic heterocycles. The van der Waals surface area contributed by atoms with Crippen LogP contribution in [0.4, 0.5) is 4.39 Å². The second-order valence-electron chi connectivity index (χ2n) is 7.45. The minimum atomic E-state index is -0.331. The summed E-state index contributed by atoms with van der Waals surface area (Å²) in [5.74, 6) is 0.0391. The number of nitrogens with zero attached hydrogens (tertiary/aromatic N) is 2. The van der Waals surface area contributed by atoms with Gasteiger partial charge in [-0.1, -0.05) is 26.0 Å². The Hall–Kier alpha value is -2.54. The summed E-state index contributed by atoms with van der Waals surface area (Å²) < 4.78 is 14.5. The Balaban J connectivity index is 1.82. The molecule has 1 amide bonds. The topological polar surface area (TPSA) is 64.0 Å². The molecule has 5 nitrogen and oxygen atoms in total. The highest BCUT2D eigenvalue weighted by Gasteiger charge is 2.15. The fourth-order valence-corrected chi connectivity index (χ4v) is 3.96. The van der Waals surface area contributed by atoms with Gasteiger partial charge in [0, 0.05) is 17.0 Å². The van der Waals surface area contributed by atoms with E-state index in [0.717, 1.165) is 18.4 Å². The predicted molar refractivity (Wildman–Crippen MR) is 111 cm³/mol. The number of amides is 1. The van der Waals surface area contributed by atoms with Crippen LogP contribution in [-0.2, 0) is 11.3 Å².